The van der Waals surface area contributed by atoms with E-state index in [4.69, 9.17) is 5.73 Å². The highest BCUT2D eigenvalue weighted by atomic mass is 16.1. The average molecular weight is 329 g/mol. The van der Waals surface area contributed by atoms with Crippen LogP contribution < -0.4 is 27.4 Å². The molecule has 0 bridgehead atoms. The minimum atomic E-state index is -0.523. The molecule has 0 aliphatic carbocycles. The lowest BCUT2D eigenvalue weighted by Gasteiger charge is -2.13. The Balaban J connectivity index is 1.84. The molecule has 6 N–H and O–H groups in total. The van der Waals surface area contributed by atoms with Crippen molar-refractivity contribution >= 4 is 23.5 Å². The van der Waals surface area contributed by atoms with Crippen LogP contribution in [0, 0.1) is 6.92 Å². The molecule has 0 saturated carbocycles. The number of H-pyrrole nitrogens is 1. The van der Waals surface area contributed by atoms with Gasteiger partial charge in [-0.1, -0.05) is 6.07 Å². The highest BCUT2D eigenvalue weighted by Crippen LogP contribution is 2.20. The summed E-state index contributed by atoms with van der Waals surface area (Å²) in [6, 6.07) is 5.22. The van der Waals surface area contributed by atoms with Gasteiger partial charge in [-0.25, -0.2) is 4.79 Å². The second-order valence-corrected chi connectivity index (χ2v) is 5.68. The number of nitrogens with one attached hydrogen (secondary N) is 4. The number of hydrogen-bond acceptors (Lipinski definition) is 7. The van der Waals surface area contributed by atoms with Crippen molar-refractivity contribution in [3.05, 3.63) is 39.8 Å². The first-order valence-corrected chi connectivity index (χ1v) is 7.64. The maximum atomic E-state index is 11.8. The van der Waals surface area contributed by atoms with Crippen LogP contribution in [0.4, 0.5) is 17.6 Å². The van der Waals surface area contributed by atoms with Crippen molar-refractivity contribution < 1.29 is 4.79 Å². The maximum absolute atomic E-state index is 11.8. The summed E-state index contributed by atoms with van der Waals surface area (Å²) >= 11 is 0. The molecule has 126 valence electrons. The lowest BCUT2D eigenvalue weighted by molar-refractivity contribution is 0.100. The van der Waals surface area contributed by atoms with E-state index in [0.717, 1.165) is 25.1 Å². The van der Waals surface area contributed by atoms with Crippen LogP contribution in [0.25, 0.3) is 0 Å². The predicted molar refractivity (Wildman–Crippen MR) is 90.5 cm³/mol. The molecule has 1 aliphatic rings. The number of nitrogens with zero attached hydrogens (tertiary/aromatic N) is 2. The Labute approximate surface area is 138 Å². The van der Waals surface area contributed by atoms with Crippen molar-refractivity contribution in [1.82, 2.24) is 20.3 Å². The molecule has 1 fully saturated rings. The molecule has 1 aliphatic heterocycles. The molecule has 2 aromatic rings. The van der Waals surface area contributed by atoms with Crippen LogP contribution in [0.1, 0.15) is 22.3 Å². The zero-order chi connectivity index (χ0) is 17.1. The SMILES string of the molecule is Cc1ccc(C(N)=O)cc1Nc1nc(N[C@H]2CCNC2)nc(=O)[nH]1. The van der Waals surface area contributed by atoms with E-state index < -0.39 is 11.6 Å². The third-order valence-corrected chi connectivity index (χ3v) is 3.82. The summed E-state index contributed by atoms with van der Waals surface area (Å²) < 4.78 is 0. The van der Waals surface area contributed by atoms with E-state index in [1.165, 1.54) is 0 Å². The zero-order valence-corrected chi connectivity index (χ0v) is 13.2. The van der Waals surface area contributed by atoms with Crippen LogP contribution in [-0.2, 0) is 0 Å². The minimum Gasteiger partial charge on any atom is -0.366 e. The fraction of sp³-hybridized carbons (Fsp3) is 0.333. The van der Waals surface area contributed by atoms with Crippen LogP contribution >= 0.6 is 0 Å². The molecule has 1 aromatic carbocycles. The lowest BCUT2D eigenvalue weighted by atomic mass is 10.1. The standard InChI is InChI=1S/C15H19N7O2/c1-8-2-3-9(12(16)23)6-11(8)19-14-20-13(21-15(24)22-14)18-10-4-5-17-7-10/h2-3,6,10,17H,4-5,7H2,1H3,(H2,16,23)(H3,18,19,20,21,22,24)/t10-/m0/s1. The average Bonchev–Trinajstić information content (AvgIpc) is 3.01. The van der Waals surface area contributed by atoms with Crippen molar-refractivity contribution in [2.75, 3.05) is 23.7 Å². The third-order valence-electron chi connectivity index (χ3n) is 3.82. The molecule has 9 nitrogen and oxygen atoms in total. The largest absolute Gasteiger partial charge is 0.366 e. The number of aryl methyl sites for hydroxylation is 1. The van der Waals surface area contributed by atoms with Crippen molar-refractivity contribution in [3.63, 3.8) is 0 Å². The molecule has 1 amide bonds. The number of carbonyl (C=O) groups excluding carboxylic acids is 1. The fourth-order valence-electron chi connectivity index (χ4n) is 2.51. The fourth-order valence-corrected chi connectivity index (χ4v) is 2.51. The Hall–Kier alpha value is -2.94. The monoisotopic (exact) mass is 329 g/mol. The molecule has 1 atom stereocenters. The van der Waals surface area contributed by atoms with E-state index >= 15 is 0 Å². The second kappa shape index (κ2) is 6.67. The summed E-state index contributed by atoms with van der Waals surface area (Å²) in [5, 5.41) is 9.36. The quantitative estimate of drug-likeness (QED) is 0.524. The van der Waals surface area contributed by atoms with E-state index in [0.29, 0.717) is 11.3 Å². The number of amides is 1. The smallest absolute Gasteiger partial charge is 0.351 e. The van der Waals surface area contributed by atoms with E-state index in [1.54, 1.807) is 18.2 Å². The van der Waals surface area contributed by atoms with Crippen LogP contribution in [-0.4, -0.2) is 40.0 Å². The number of anilines is 3. The van der Waals surface area contributed by atoms with Gasteiger partial charge in [0.05, 0.1) is 0 Å². The van der Waals surface area contributed by atoms with Gasteiger partial charge >= 0.3 is 5.69 Å². The van der Waals surface area contributed by atoms with Crippen molar-refractivity contribution in [3.8, 4) is 0 Å². The van der Waals surface area contributed by atoms with Crippen LogP contribution in [0.5, 0.6) is 0 Å². The summed E-state index contributed by atoms with van der Waals surface area (Å²) in [6.07, 6.45) is 0.943. The molecule has 0 unspecified atom stereocenters. The minimum absolute atomic E-state index is 0.194. The number of hydrogen-bond donors (Lipinski definition) is 5. The summed E-state index contributed by atoms with van der Waals surface area (Å²) in [5.41, 5.74) is 6.68. The van der Waals surface area contributed by atoms with Gasteiger partial charge in [-0.2, -0.15) is 9.97 Å². The summed E-state index contributed by atoms with van der Waals surface area (Å²) in [5.74, 6) is -0.0165. The van der Waals surface area contributed by atoms with Gasteiger partial charge in [0.15, 0.2) is 0 Å². The topological polar surface area (TPSA) is 138 Å². The van der Waals surface area contributed by atoms with Crippen LogP contribution in [0.2, 0.25) is 0 Å². The third kappa shape index (κ3) is 3.69. The molecular formula is C15H19N7O2. The Kier molecular flexibility index (Phi) is 4.43. The Morgan fingerprint density at radius 3 is 2.92 bits per heavy atom. The molecule has 0 spiro atoms. The molecule has 9 heteroatoms. The molecule has 0 radical (unpaired) electrons. The first kappa shape index (κ1) is 15.9. The van der Waals surface area contributed by atoms with E-state index in [9.17, 15) is 9.59 Å². The summed E-state index contributed by atoms with van der Waals surface area (Å²) in [7, 11) is 0. The highest BCUT2D eigenvalue weighted by Gasteiger charge is 2.16. The summed E-state index contributed by atoms with van der Waals surface area (Å²) in [4.78, 5) is 33.7. The van der Waals surface area contributed by atoms with Gasteiger partial charge in [0.1, 0.15) is 0 Å². The lowest BCUT2D eigenvalue weighted by Crippen LogP contribution is -2.26. The van der Waals surface area contributed by atoms with Gasteiger partial charge in [0.25, 0.3) is 0 Å². The Bertz CT molecular complexity index is 812. The van der Waals surface area contributed by atoms with E-state index in [-0.39, 0.29) is 17.9 Å². The van der Waals surface area contributed by atoms with Crippen molar-refractivity contribution in [2.45, 2.75) is 19.4 Å². The van der Waals surface area contributed by atoms with E-state index in [2.05, 4.69) is 30.9 Å². The second-order valence-electron chi connectivity index (χ2n) is 5.68. The maximum Gasteiger partial charge on any atom is 0.351 e. The number of benzene rings is 1. The number of carbonyl (C=O) groups is 1. The van der Waals surface area contributed by atoms with Gasteiger partial charge in [0, 0.05) is 23.8 Å². The molecule has 1 aromatic heterocycles. The van der Waals surface area contributed by atoms with E-state index in [1.807, 2.05) is 6.92 Å². The number of aromatic nitrogens is 3. The normalized spacial score (nSPS) is 16.8. The molecular weight excluding hydrogens is 310 g/mol. The molecule has 1 saturated heterocycles. The van der Waals surface area contributed by atoms with Gasteiger partial charge in [0.2, 0.25) is 17.8 Å². The summed E-state index contributed by atoms with van der Waals surface area (Å²) in [6.45, 7) is 3.60. The van der Waals surface area contributed by atoms with Gasteiger partial charge in [-0.3, -0.25) is 9.78 Å². The molecule has 24 heavy (non-hydrogen) atoms. The van der Waals surface area contributed by atoms with Crippen LogP contribution in [0.3, 0.4) is 0 Å². The number of aromatic amines is 1. The Morgan fingerprint density at radius 1 is 1.38 bits per heavy atom. The number of rotatable bonds is 5. The van der Waals surface area contributed by atoms with Gasteiger partial charge < -0.3 is 21.7 Å². The van der Waals surface area contributed by atoms with Crippen molar-refractivity contribution in [2.24, 2.45) is 5.73 Å². The van der Waals surface area contributed by atoms with Gasteiger partial charge in [-0.05, 0) is 37.6 Å². The Morgan fingerprint density at radius 2 is 2.21 bits per heavy atom. The highest BCUT2D eigenvalue weighted by molar-refractivity contribution is 5.94. The first-order valence-electron chi connectivity index (χ1n) is 7.64. The van der Waals surface area contributed by atoms with Crippen molar-refractivity contribution in [1.29, 1.82) is 0 Å². The van der Waals surface area contributed by atoms with Crippen LogP contribution in [0.15, 0.2) is 23.0 Å². The number of primary amides is 1. The molecule has 2 heterocycles. The zero-order valence-electron chi connectivity index (χ0n) is 13.2. The predicted octanol–water partition coefficient (Wildman–Crippen LogP) is 0.0896. The number of nitrogens with two attached hydrogens (primary N) is 1. The first-order chi connectivity index (χ1) is 11.5. The molecule has 3 rings (SSSR count). The van der Waals surface area contributed by atoms with Gasteiger partial charge in [-0.15, -0.1) is 0 Å².